The molecule has 0 saturated carbocycles. The molecule has 0 radical (unpaired) electrons. The summed E-state index contributed by atoms with van der Waals surface area (Å²) in [7, 11) is 0. The molecular formula is C10H12F2N4O. The van der Waals surface area contributed by atoms with E-state index in [9.17, 15) is 13.6 Å². The van der Waals surface area contributed by atoms with Crippen molar-refractivity contribution in [2.75, 3.05) is 11.4 Å². The predicted molar refractivity (Wildman–Crippen MR) is 60.6 cm³/mol. The molecule has 0 aliphatic rings. The van der Waals surface area contributed by atoms with E-state index in [1.54, 1.807) is 6.92 Å². The van der Waals surface area contributed by atoms with Crippen molar-refractivity contribution in [3.8, 4) is 0 Å². The highest BCUT2D eigenvalue weighted by Crippen LogP contribution is 2.20. The van der Waals surface area contributed by atoms with Gasteiger partial charge in [-0.1, -0.05) is 0 Å². The third-order valence-electron chi connectivity index (χ3n) is 1.97. The third-order valence-corrected chi connectivity index (χ3v) is 1.97. The van der Waals surface area contributed by atoms with E-state index in [4.69, 9.17) is 11.5 Å². The number of nitrogens with two attached hydrogens (primary N) is 2. The molecule has 4 N–H and O–H groups in total. The Morgan fingerprint density at radius 2 is 2.06 bits per heavy atom. The number of hydrogen-bond acceptors (Lipinski definition) is 1. The van der Waals surface area contributed by atoms with Gasteiger partial charge in [0.15, 0.2) is 5.96 Å². The summed E-state index contributed by atoms with van der Waals surface area (Å²) in [4.78, 5) is 15.8. The van der Waals surface area contributed by atoms with E-state index in [1.807, 2.05) is 0 Å². The Hall–Kier alpha value is -2.18. The summed E-state index contributed by atoms with van der Waals surface area (Å²) in [5.41, 5.74) is 10.0. The largest absolute Gasteiger partial charge is 0.370 e. The Balaban J connectivity index is 3.10. The second-order valence-electron chi connectivity index (χ2n) is 3.16. The molecule has 0 atom stereocenters. The number of halogens is 2. The van der Waals surface area contributed by atoms with E-state index < -0.39 is 23.6 Å². The van der Waals surface area contributed by atoms with Gasteiger partial charge >= 0.3 is 6.03 Å². The van der Waals surface area contributed by atoms with Gasteiger partial charge in [-0.15, -0.1) is 0 Å². The van der Waals surface area contributed by atoms with E-state index in [0.717, 1.165) is 17.0 Å². The maximum atomic E-state index is 13.4. The first-order chi connectivity index (χ1) is 7.95. The van der Waals surface area contributed by atoms with Crippen molar-refractivity contribution >= 4 is 17.7 Å². The fourth-order valence-electron chi connectivity index (χ4n) is 1.28. The number of urea groups is 1. The van der Waals surface area contributed by atoms with Crippen molar-refractivity contribution in [2.45, 2.75) is 6.92 Å². The van der Waals surface area contributed by atoms with Crippen LogP contribution in [0.1, 0.15) is 6.92 Å². The number of nitrogens with zero attached hydrogens (tertiary/aromatic N) is 2. The molecule has 2 amide bonds. The van der Waals surface area contributed by atoms with Crippen LogP contribution in [0.4, 0.5) is 19.3 Å². The molecule has 1 rings (SSSR count). The zero-order valence-corrected chi connectivity index (χ0v) is 9.15. The van der Waals surface area contributed by atoms with Crippen LogP contribution in [0.15, 0.2) is 23.2 Å². The number of carbonyl (C=O) groups excluding carboxylic acids is 1. The molecule has 0 aliphatic carbocycles. The monoisotopic (exact) mass is 242 g/mol. The highest BCUT2D eigenvalue weighted by atomic mass is 19.1. The number of anilines is 1. The van der Waals surface area contributed by atoms with Crippen LogP contribution in [0.5, 0.6) is 0 Å². The summed E-state index contributed by atoms with van der Waals surface area (Å²) in [5, 5.41) is 0. The van der Waals surface area contributed by atoms with Crippen LogP contribution in [0.25, 0.3) is 0 Å². The van der Waals surface area contributed by atoms with E-state index in [1.165, 1.54) is 0 Å². The molecule has 0 heterocycles. The van der Waals surface area contributed by atoms with Gasteiger partial charge < -0.3 is 11.5 Å². The van der Waals surface area contributed by atoms with E-state index in [-0.39, 0.29) is 12.2 Å². The zero-order chi connectivity index (χ0) is 13.0. The van der Waals surface area contributed by atoms with Crippen LogP contribution < -0.4 is 16.4 Å². The lowest BCUT2D eigenvalue weighted by atomic mass is 10.2. The van der Waals surface area contributed by atoms with Crippen molar-refractivity contribution in [2.24, 2.45) is 16.5 Å². The Bertz CT molecular complexity index is 458. The summed E-state index contributed by atoms with van der Waals surface area (Å²) in [6.45, 7) is 1.76. The Labute approximate surface area is 96.7 Å². The van der Waals surface area contributed by atoms with Gasteiger partial charge in [0.05, 0.1) is 5.69 Å². The van der Waals surface area contributed by atoms with Gasteiger partial charge in [0.25, 0.3) is 0 Å². The van der Waals surface area contributed by atoms with Gasteiger partial charge in [0.1, 0.15) is 11.6 Å². The minimum atomic E-state index is -0.856. The third kappa shape index (κ3) is 3.13. The first kappa shape index (κ1) is 12.9. The molecule has 92 valence electrons. The average Bonchev–Trinajstić information content (AvgIpc) is 2.21. The first-order valence-corrected chi connectivity index (χ1v) is 4.82. The van der Waals surface area contributed by atoms with Crippen molar-refractivity contribution in [1.29, 1.82) is 0 Å². The number of amides is 2. The number of rotatable bonds is 2. The molecule has 0 aliphatic heterocycles. The van der Waals surface area contributed by atoms with Gasteiger partial charge in [-0.3, -0.25) is 4.90 Å². The van der Waals surface area contributed by atoms with Crippen molar-refractivity contribution in [3.05, 3.63) is 29.8 Å². The van der Waals surface area contributed by atoms with Crippen molar-refractivity contribution in [1.82, 2.24) is 0 Å². The molecule has 17 heavy (non-hydrogen) atoms. The number of benzene rings is 1. The van der Waals surface area contributed by atoms with Crippen molar-refractivity contribution < 1.29 is 13.6 Å². The smallest absolute Gasteiger partial charge is 0.351 e. The number of aliphatic imine (C=N–C) groups is 1. The number of hydrogen-bond donors (Lipinski definition) is 2. The highest BCUT2D eigenvalue weighted by molar-refractivity contribution is 5.99. The maximum Gasteiger partial charge on any atom is 0.351 e. The fourth-order valence-corrected chi connectivity index (χ4v) is 1.28. The first-order valence-electron chi connectivity index (χ1n) is 4.82. The number of carbonyl (C=O) groups is 1. The van der Waals surface area contributed by atoms with Crippen LogP contribution in [-0.4, -0.2) is 18.5 Å². The normalized spacial score (nSPS) is 9.82. The Morgan fingerprint density at radius 3 is 2.53 bits per heavy atom. The summed E-state index contributed by atoms with van der Waals surface area (Å²) in [6.07, 6.45) is 0. The fraction of sp³-hybridized carbons (Fsp3) is 0.200. The SMILES string of the molecule is CCN(C(=O)N=C(N)N)c1ccc(F)cc1F. The molecule has 1 aromatic carbocycles. The lowest BCUT2D eigenvalue weighted by Crippen LogP contribution is -2.33. The topological polar surface area (TPSA) is 84.7 Å². The van der Waals surface area contributed by atoms with E-state index >= 15 is 0 Å². The zero-order valence-electron chi connectivity index (χ0n) is 9.15. The minimum Gasteiger partial charge on any atom is -0.370 e. The van der Waals surface area contributed by atoms with Crippen LogP contribution >= 0.6 is 0 Å². The molecule has 0 fully saturated rings. The molecule has 0 unspecified atom stereocenters. The summed E-state index contributed by atoms with van der Waals surface area (Å²) in [6, 6.07) is 2.07. The van der Waals surface area contributed by atoms with Crippen molar-refractivity contribution in [3.63, 3.8) is 0 Å². The summed E-state index contributed by atoms with van der Waals surface area (Å²) < 4.78 is 26.2. The molecule has 5 nitrogen and oxygen atoms in total. The quantitative estimate of drug-likeness (QED) is 0.603. The molecule has 7 heteroatoms. The summed E-state index contributed by atoms with van der Waals surface area (Å²) in [5.74, 6) is -2.00. The van der Waals surface area contributed by atoms with Gasteiger partial charge in [0.2, 0.25) is 0 Å². The Morgan fingerprint density at radius 1 is 1.41 bits per heavy atom. The molecule has 1 aromatic rings. The van der Waals surface area contributed by atoms with Crippen LogP contribution in [-0.2, 0) is 0 Å². The lowest BCUT2D eigenvalue weighted by molar-refractivity contribution is 0.254. The van der Waals surface area contributed by atoms with Gasteiger partial charge in [-0.25, -0.2) is 13.6 Å². The lowest BCUT2D eigenvalue weighted by Gasteiger charge is -2.18. The predicted octanol–water partition coefficient (Wildman–Crippen LogP) is 1.18. The number of guanidine groups is 1. The Kier molecular flexibility index (Phi) is 3.97. The van der Waals surface area contributed by atoms with Gasteiger partial charge in [0, 0.05) is 12.6 Å². The second-order valence-corrected chi connectivity index (χ2v) is 3.16. The maximum absolute atomic E-state index is 13.4. The molecule has 0 saturated heterocycles. The van der Waals surface area contributed by atoms with Gasteiger partial charge in [-0.2, -0.15) is 4.99 Å². The van der Waals surface area contributed by atoms with Gasteiger partial charge in [-0.05, 0) is 19.1 Å². The van der Waals surface area contributed by atoms with Crippen LogP contribution in [0, 0.1) is 11.6 Å². The van der Waals surface area contributed by atoms with E-state index in [0.29, 0.717) is 6.07 Å². The van der Waals surface area contributed by atoms with Crippen LogP contribution in [0.2, 0.25) is 0 Å². The summed E-state index contributed by atoms with van der Waals surface area (Å²) >= 11 is 0. The molecule has 0 spiro atoms. The van der Waals surface area contributed by atoms with Crippen LogP contribution in [0.3, 0.4) is 0 Å². The minimum absolute atomic E-state index is 0.0797. The molecular weight excluding hydrogens is 230 g/mol. The molecule has 0 bridgehead atoms. The molecule has 0 aromatic heterocycles. The average molecular weight is 242 g/mol. The highest BCUT2D eigenvalue weighted by Gasteiger charge is 2.17. The van der Waals surface area contributed by atoms with E-state index in [2.05, 4.69) is 4.99 Å². The standard InChI is InChI=1S/C10H12F2N4O/c1-2-16(10(17)15-9(13)14)8-4-3-6(11)5-7(8)12/h3-5H,2H2,1H3,(H4,13,14,15,17). The second kappa shape index (κ2) is 5.24.